The molecule has 1 atom stereocenters. The fourth-order valence-corrected chi connectivity index (χ4v) is 1.21. The molecule has 1 aromatic rings. The molecule has 4 nitrogen and oxygen atoms in total. The third-order valence-corrected chi connectivity index (χ3v) is 2.60. The van der Waals surface area contributed by atoms with E-state index in [0.29, 0.717) is 17.8 Å². The molecular formula is C10H14N2O2. The molecule has 0 fully saturated rings. The Kier molecular flexibility index (Phi) is 2.74. The van der Waals surface area contributed by atoms with Crippen molar-refractivity contribution in [3.05, 3.63) is 23.9 Å². The number of aromatic nitrogens is 1. The minimum absolute atomic E-state index is 0.401. The van der Waals surface area contributed by atoms with E-state index in [1.54, 1.807) is 19.1 Å². The first-order valence-corrected chi connectivity index (χ1v) is 4.46. The summed E-state index contributed by atoms with van der Waals surface area (Å²) >= 11 is 0. The monoisotopic (exact) mass is 194 g/mol. The number of pyridine rings is 1. The third kappa shape index (κ3) is 1.69. The minimum Gasteiger partial charge on any atom is -0.481 e. The van der Waals surface area contributed by atoms with Crippen LogP contribution < -0.4 is 5.73 Å². The van der Waals surface area contributed by atoms with Crippen LogP contribution in [0.25, 0.3) is 0 Å². The molecule has 3 N–H and O–H groups in total. The van der Waals surface area contributed by atoms with Crippen LogP contribution in [0.3, 0.4) is 0 Å². The van der Waals surface area contributed by atoms with E-state index in [9.17, 15) is 4.79 Å². The van der Waals surface area contributed by atoms with Gasteiger partial charge in [0, 0.05) is 6.20 Å². The van der Waals surface area contributed by atoms with Gasteiger partial charge >= 0.3 is 5.97 Å². The molecule has 0 aromatic carbocycles. The molecule has 0 saturated carbocycles. The van der Waals surface area contributed by atoms with Gasteiger partial charge in [-0.2, -0.15) is 0 Å². The van der Waals surface area contributed by atoms with Crippen LogP contribution in [0.1, 0.15) is 25.8 Å². The summed E-state index contributed by atoms with van der Waals surface area (Å²) < 4.78 is 0. The van der Waals surface area contributed by atoms with Gasteiger partial charge in [-0.25, -0.2) is 4.98 Å². The highest BCUT2D eigenvalue weighted by molar-refractivity contribution is 5.80. The van der Waals surface area contributed by atoms with Crippen LogP contribution in [0.4, 0.5) is 5.82 Å². The Hall–Kier alpha value is -1.58. The van der Waals surface area contributed by atoms with Crippen molar-refractivity contribution in [3.8, 4) is 0 Å². The molecule has 1 rings (SSSR count). The number of carbonyl (C=O) groups is 1. The highest BCUT2D eigenvalue weighted by Crippen LogP contribution is 2.27. The van der Waals surface area contributed by atoms with Crippen molar-refractivity contribution in [3.63, 3.8) is 0 Å². The number of hydrogen-bond donors (Lipinski definition) is 2. The maximum Gasteiger partial charge on any atom is 0.313 e. The predicted octanol–water partition coefficient (Wildman–Crippen LogP) is 1.42. The summed E-state index contributed by atoms with van der Waals surface area (Å²) in [6.45, 7) is 3.52. The average Bonchev–Trinajstić information content (AvgIpc) is 2.17. The molecule has 0 aliphatic rings. The highest BCUT2D eigenvalue weighted by Gasteiger charge is 2.33. The smallest absolute Gasteiger partial charge is 0.313 e. The Morgan fingerprint density at radius 1 is 1.64 bits per heavy atom. The van der Waals surface area contributed by atoms with Crippen molar-refractivity contribution in [2.75, 3.05) is 5.73 Å². The molecule has 1 heterocycles. The van der Waals surface area contributed by atoms with E-state index in [0.717, 1.165) is 0 Å². The summed E-state index contributed by atoms with van der Waals surface area (Å²) in [5.74, 6) is -0.441. The van der Waals surface area contributed by atoms with Crippen molar-refractivity contribution in [2.45, 2.75) is 25.7 Å². The molecular weight excluding hydrogens is 180 g/mol. The number of carboxylic acids is 1. The van der Waals surface area contributed by atoms with E-state index < -0.39 is 11.4 Å². The molecule has 1 aromatic heterocycles. The molecule has 0 amide bonds. The molecule has 0 radical (unpaired) electrons. The van der Waals surface area contributed by atoms with E-state index in [1.165, 1.54) is 6.20 Å². The number of carboxylic acid groups (broad SMARTS) is 1. The number of nitrogen functional groups attached to an aromatic ring is 1. The lowest BCUT2D eigenvalue weighted by Crippen LogP contribution is -2.31. The fraction of sp³-hybridized carbons (Fsp3) is 0.400. The first kappa shape index (κ1) is 10.5. The summed E-state index contributed by atoms with van der Waals surface area (Å²) in [6.07, 6.45) is 2.04. The van der Waals surface area contributed by atoms with Gasteiger partial charge in [-0.15, -0.1) is 0 Å². The van der Waals surface area contributed by atoms with Gasteiger partial charge in [0.25, 0.3) is 0 Å². The molecule has 0 spiro atoms. The van der Waals surface area contributed by atoms with E-state index in [-0.39, 0.29) is 0 Å². The molecule has 76 valence electrons. The maximum atomic E-state index is 11.1. The van der Waals surface area contributed by atoms with Gasteiger partial charge in [-0.3, -0.25) is 4.79 Å². The summed E-state index contributed by atoms with van der Waals surface area (Å²) in [4.78, 5) is 15.0. The van der Waals surface area contributed by atoms with Crippen molar-refractivity contribution < 1.29 is 9.90 Å². The first-order chi connectivity index (χ1) is 6.50. The lowest BCUT2D eigenvalue weighted by Gasteiger charge is -2.22. The lowest BCUT2D eigenvalue weighted by molar-refractivity contribution is -0.143. The van der Waals surface area contributed by atoms with Gasteiger partial charge in [-0.1, -0.05) is 13.0 Å². The van der Waals surface area contributed by atoms with Crippen LogP contribution in [0.2, 0.25) is 0 Å². The number of rotatable bonds is 3. The highest BCUT2D eigenvalue weighted by atomic mass is 16.4. The number of aliphatic carboxylic acids is 1. The van der Waals surface area contributed by atoms with E-state index in [4.69, 9.17) is 10.8 Å². The van der Waals surface area contributed by atoms with E-state index in [2.05, 4.69) is 4.98 Å². The van der Waals surface area contributed by atoms with Gasteiger partial charge in [0.05, 0.1) is 5.41 Å². The number of nitrogens with two attached hydrogens (primary N) is 1. The second-order valence-corrected chi connectivity index (χ2v) is 3.46. The number of nitrogens with zero attached hydrogens (tertiary/aromatic N) is 1. The molecule has 0 aliphatic carbocycles. The molecule has 1 unspecified atom stereocenters. The van der Waals surface area contributed by atoms with Crippen LogP contribution >= 0.6 is 0 Å². The Morgan fingerprint density at radius 2 is 2.29 bits per heavy atom. The quantitative estimate of drug-likeness (QED) is 0.762. The summed E-state index contributed by atoms with van der Waals surface area (Å²) in [5, 5.41) is 9.10. The number of hydrogen-bond acceptors (Lipinski definition) is 3. The van der Waals surface area contributed by atoms with Crippen molar-refractivity contribution in [1.29, 1.82) is 0 Å². The maximum absolute atomic E-state index is 11.1. The zero-order valence-electron chi connectivity index (χ0n) is 8.32. The largest absolute Gasteiger partial charge is 0.481 e. The molecule has 0 aliphatic heterocycles. The van der Waals surface area contributed by atoms with E-state index >= 15 is 0 Å². The second-order valence-electron chi connectivity index (χ2n) is 3.46. The topological polar surface area (TPSA) is 76.2 Å². The Balaban J connectivity index is 3.13. The van der Waals surface area contributed by atoms with Gasteiger partial charge in [0.1, 0.15) is 5.82 Å². The van der Waals surface area contributed by atoms with Gasteiger partial charge in [0.15, 0.2) is 0 Å². The average molecular weight is 194 g/mol. The van der Waals surface area contributed by atoms with Gasteiger partial charge < -0.3 is 10.8 Å². The zero-order chi connectivity index (χ0) is 10.8. The third-order valence-electron chi connectivity index (χ3n) is 2.60. The SMILES string of the molecule is CCC(C)(C(=O)O)c1ccc(N)nc1. The summed E-state index contributed by atoms with van der Waals surface area (Å²) in [6, 6.07) is 3.33. The second kappa shape index (κ2) is 3.65. The van der Waals surface area contributed by atoms with Gasteiger partial charge in [0.2, 0.25) is 0 Å². The Labute approximate surface area is 82.8 Å². The van der Waals surface area contributed by atoms with E-state index in [1.807, 2.05) is 6.92 Å². The van der Waals surface area contributed by atoms with Crippen LogP contribution in [0, 0.1) is 0 Å². The normalized spacial score (nSPS) is 14.7. The van der Waals surface area contributed by atoms with Crippen LogP contribution in [-0.2, 0) is 10.2 Å². The van der Waals surface area contributed by atoms with Crippen molar-refractivity contribution >= 4 is 11.8 Å². The number of anilines is 1. The minimum atomic E-state index is -0.874. The first-order valence-electron chi connectivity index (χ1n) is 4.46. The predicted molar refractivity (Wildman–Crippen MR) is 53.9 cm³/mol. The zero-order valence-corrected chi connectivity index (χ0v) is 8.32. The van der Waals surface area contributed by atoms with Crippen LogP contribution in [0.5, 0.6) is 0 Å². The fourth-order valence-electron chi connectivity index (χ4n) is 1.21. The Bertz CT molecular complexity index is 334. The van der Waals surface area contributed by atoms with Crippen molar-refractivity contribution in [2.24, 2.45) is 0 Å². The van der Waals surface area contributed by atoms with Gasteiger partial charge in [-0.05, 0) is 25.0 Å². The summed E-state index contributed by atoms with van der Waals surface area (Å²) in [5.41, 5.74) is 5.24. The standard InChI is InChI=1S/C10H14N2O2/c1-3-10(2,9(13)14)7-4-5-8(11)12-6-7/h4-6H,3H2,1-2H3,(H2,11,12)(H,13,14). The van der Waals surface area contributed by atoms with Crippen molar-refractivity contribution in [1.82, 2.24) is 4.98 Å². The Morgan fingerprint density at radius 3 is 2.64 bits per heavy atom. The molecule has 4 heteroatoms. The molecule has 0 bridgehead atoms. The molecule has 0 saturated heterocycles. The van der Waals surface area contributed by atoms with Crippen LogP contribution in [-0.4, -0.2) is 16.1 Å². The summed E-state index contributed by atoms with van der Waals surface area (Å²) in [7, 11) is 0. The lowest BCUT2D eigenvalue weighted by atomic mass is 9.81. The molecule has 14 heavy (non-hydrogen) atoms. The van der Waals surface area contributed by atoms with Crippen LogP contribution in [0.15, 0.2) is 18.3 Å².